The van der Waals surface area contributed by atoms with Gasteiger partial charge in [-0.05, 0) is 12.5 Å². The minimum absolute atomic E-state index is 0.131. The third-order valence-electron chi connectivity index (χ3n) is 2.87. The molecule has 0 saturated carbocycles. The first kappa shape index (κ1) is 12.7. The number of carbonyl (C=O) groups excluding carboxylic acids is 1. The van der Waals surface area contributed by atoms with Crippen molar-refractivity contribution >= 4 is 5.91 Å². The molecule has 0 aromatic heterocycles. The molecule has 5 heteroatoms. The Morgan fingerprint density at radius 1 is 1.50 bits per heavy atom. The van der Waals surface area contributed by atoms with E-state index in [4.69, 9.17) is 15.2 Å². The average Bonchev–Trinajstić information content (AvgIpc) is 2.84. The molecule has 3 N–H and O–H groups in total. The van der Waals surface area contributed by atoms with E-state index in [1.807, 2.05) is 25.1 Å². The van der Waals surface area contributed by atoms with Gasteiger partial charge in [0.1, 0.15) is 0 Å². The van der Waals surface area contributed by atoms with Crippen molar-refractivity contribution in [3.05, 3.63) is 23.8 Å². The molecular formula is C13H18N2O3. The zero-order chi connectivity index (χ0) is 13.0. The fourth-order valence-corrected chi connectivity index (χ4v) is 1.89. The summed E-state index contributed by atoms with van der Waals surface area (Å²) >= 11 is 0. The number of amides is 1. The first-order valence-electron chi connectivity index (χ1n) is 6.13. The van der Waals surface area contributed by atoms with Gasteiger partial charge in [-0.1, -0.05) is 25.5 Å². The SMILES string of the molecule is CCC[C@H](N)C(=O)NCc1cccc2c1OCO2. The van der Waals surface area contributed by atoms with E-state index in [0.29, 0.717) is 18.7 Å². The number of hydrogen-bond donors (Lipinski definition) is 2. The molecule has 0 saturated heterocycles. The van der Waals surface area contributed by atoms with Crippen LogP contribution in [0.25, 0.3) is 0 Å². The van der Waals surface area contributed by atoms with Gasteiger partial charge in [0.15, 0.2) is 11.5 Å². The van der Waals surface area contributed by atoms with Gasteiger partial charge in [0, 0.05) is 12.1 Å². The molecule has 0 fully saturated rings. The Balaban J connectivity index is 1.95. The van der Waals surface area contributed by atoms with Crippen molar-refractivity contribution in [1.29, 1.82) is 0 Å². The van der Waals surface area contributed by atoms with Gasteiger partial charge in [-0.3, -0.25) is 4.79 Å². The Kier molecular flexibility index (Phi) is 4.04. The molecule has 1 aliphatic heterocycles. The molecule has 1 heterocycles. The molecule has 0 aliphatic carbocycles. The monoisotopic (exact) mass is 250 g/mol. The number of nitrogens with two attached hydrogens (primary N) is 1. The van der Waals surface area contributed by atoms with E-state index in [1.165, 1.54) is 0 Å². The van der Waals surface area contributed by atoms with Crippen molar-refractivity contribution in [2.24, 2.45) is 5.73 Å². The van der Waals surface area contributed by atoms with Crippen LogP contribution in [0.15, 0.2) is 18.2 Å². The Morgan fingerprint density at radius 2 is 2.33 bits per heavy atom. The highest BCUT2D eigenvalue weighted by Gasteiger charge is 2.18. The molecular weight excluding hydrogens is 232 g/mol. The molecule has 0 unspecified atom stereocenters. The zero-order valence-electron chi connectivity index (χ0n) is 10.4. The molecule has 1 aliphatic rings. The summed E-state index contributed by atoms with van der Waals surface area (Å²) in [6.45, 7) is 2.64. The van der Waals surface area contributed by atoms with Crippen molar-refractivity contribution in [3.8, 4) is 11.5 Å². The number of benzene rings is 1. The molecule has 18 heavy (non-hydrogen) atoms. The maximum atomic E-state index is 11.7. The summed E-state index contributed by atoms with van der Waals surface area (Å²) < 4.78 is 10.6. The lowest BCUT2D eigenvalue weighted by molar-refractivity contribution is -0.122. The van der Waals surface area contributed by atoms with Crippen LogP contribution >= 0.6 is 0 Å². The summed E-state index contributed by atoms with van der Waals surface area (Å²) in [6.07, 6.45) is 1.59. The summed E-state index contributed by atoms with van der Waals surface area (Å²) in [7, 11) is 0. The number of carbonyl (C=O) groups is 1. The lowest BCUT2D eigenvalue weighted by atomic mass is 10.1. The van der Waals surface area contributed by atoms with E-state index in [2.05, 4.69) is 5.32 Å². The Bertz CT molecular complexity index is 434. The number of fused-ring (bicyclic) bond motifs is 1. The van der Waals surface area contributed by atoms with Crippen molar-refractivity contribution in [1.82, 2.24) is 5.32 Å². The molecule has 0 spiro atoms. The second-order valence-electron chi connectivity index (χ2n) is 4.26. The lowest BCUT2D eigenvalue weighted by Crippen LogP contribution is -2.40. The summed E-state index contributed by atoms with van der Waals surface area (Å²) in [5.74, 6) is 1.30. The highest BCUT2D eigenvalue weighted by Crippen LogP contribution is 2.35. The van der Waals surface area contributed by atoms with Crippen LogP contribution in [0.4, 0.5) is 0 Å². The highest BCUT2D eigenvalue weighted by molar-refractivity contribution is 5.81. The first-order chi connectivity index (χ1) is 8.72. The van der Waals surface area contributed by atoms with Gasteiger partial charge >= 0.3 is 0 Å². The van der Waals surface area contributed by atoms with Crippen molar-refractivity contribution in [3.63, 3.8) is 0 Å². The van der Waals surface area contributed by atoms with E-state index in [1.54, 1.807) is 0 Å². The fourth-order valence-electron chi connectivity index (χ4n) is 1.89. The Hall–Kier alpha value is -1.75. The van der Waals surface area contributed by atoms with E-state index >= 15 is 0 Å². The van der Waals surface area contributed by atoms with Gasteiger partial charge < -0.3 is 20.5 Å². The van der Waals surface area contributed by atoms with Crippen LogP contribution in [0.2, 0.25) is 0 Å². The van der Waals surface area contributed by atoms with Crippen LogP contribution in [0.5, 0.6) is 11.5 Å². The molecule has 0 radical (unpaired) electrons. The molecule has 1 amide bonds. The van der Waals surface area contributed by atoms with Crippen LogP contribution in [0.3, 0.4) is 0 Å². The molecule has 98 valence electrons. The predicted octanol–water partition coefficient (Wildman–Crippen LogP) is 1.16. The largest absolute Gasteiger partial charge is 0.454 e. The quantitative estimate of drug-likeness (QED) is 0.822. The number of nitrogens with one attached hydrogen (secondary N) is 1. The summed E-state index contributed by atoms with van der Waals surface area (Å²) in [6, 6.07) is 5.18. The Labute approximate surface area is 106 Å². The average molecular weight is 250 g/mol. The van der Waals surface area contributed by atoms with Gasteiger partial charge in [0.25, 0.3) is 0 Å². The van der Waals surface area contributed by atoms with Gasteiger partial charge in [-0.25, -0.2) is 0 Å². The molecule has 2 rings (SSSR count). The lowest BCUT2D eigenvalue weighted by Gasteiger charge is -2.12. The standard InChI is InChI=1S/C13H18N2O3/c1-2-4-10(14)13(16)15-7-9-5-3-6-11-12(9)18-8-17-11/h3,5-6,10H,2,4,7-8,14H2,1H3,(H,15,16)/t10-/m0/s1. The maximum absolute atomic E-state index is 11.7. The van der Waals surface area contributed by atoms with Crippen molar-refractivity contribution in [2.45, 2.75) is 32.4 Å². The number of hydrogen-bond acceptors (Lipinski definition) is 4. The smallest absolute Gasteiger partial charge is 0.237 e. The van der Waals surface area contributed by atoms with Crippen LogP contribution in [-0.4, -0.2) is 18.7 Å². The van der Waals surface area contributed by atoms with Crippen LogP contribution in [0, 0.1) is 0 Å². The summed E-state index contributed by atoms with van der Waals surface area (Å²) in [5, 5.41) is 2.81. The summed E-state index contributed by atoms with van der Waals surface area (Å²) in [4.78, 5) is 11.7. The molecule has 1 aromatic carbocycles. The van der Waals surface area contributed by atoms with E-state index < -0.39 is 6.04 Å². The number of ether oxygens (including phenoxy) is 2. The molecule has 1 atom stereocenters. The minimum atomic E-state index is -0.441. The number of rotatable bonds is 5. The van der Waals surface area contributed by atoms with Crippen LogP contribution < -0.4 is 20.5 Å². The molecule has 5 nitrogen and oxygen atoms in total. The third kappa shape index (κ3) is 2.73. The normalized spacial score (nSPS) is 14.3. The second kappa shape index (κ2) is 5.73. The van der Waals surface area contributed by atoms with Gasteiger partial charge in [-0.15, -0.1) is 0 Å². The van der Waals surface area contributed by atoms with Crippen molar-refractivity contribution < 1.29 is 14.3 Å². The first-order valence-corrected chi connectivity index (χ1v) is 6.13. The topological polar surface area (TPSA) is 73.6 Å². The molecule has 1 aromatic rings. The predicted molar refractivity (Wildman–Crippen MR) is 67.3 cm³/mol. The highest BCUT2D eigenvalue weighted by atomic mass is 16.7. The van der Waals surface area contributed by atoms with Crippen LogP contribution in [-0.2, 0) is 11.3 Å². The van der Waals surface area contributed by atoms with Gasteiger partial charge in [-0.2, -0.15) is 0 Å². The van der Waals surface area contributed by atoms with E-state index in [-0.39, 0.29) is 12.7 Å². The third-order valence-corrected chi connectivity index (χ3v) is 2.87. The van der Waals surface area contributed by atoms with E-state index in [9.17, 15) is 4.79 Å². The number of para-hydroxylation sites is 1. The second-order valence-corrected chi connectivity index (χ2v) is 4.26. The summed E-state index contributed by atoms with van der Waals surface area (Å²) in [5.41, 5.74) is 6.64. The minimum Gasteiger partial charge on any atom is -0.454 e. The molecule has 0 bridgehead atoms. The van der Waals surface area contributed by atoms with Crippen LogP contribution in [0.1, 0.15) is 25.3 Å². The Morgan fingerprint density at radius 3 is 3.11 bits per heavy atom. The van der Waals surface area contributed by atoms with Gasteiger partial charge in [0.05, 0.1) is 6.04 Å². The zero-order valence-corrected chi connectivity index (χ0v) is 10.4. The fraction of sp³-hybridized carbons (Fsp3) is 0.462. The maximum Gasteiger partial charge on any atom is 0.237 e. The van der Waals surface area contributed by atoms with E-state index in [0.717, 1.165) is 17.7 Å². The van der Waals surface area contributed by atoms with Gasteiger partial charge in [0.2, 0.25) is 12.7 Å². The van der Waals surface area contributed by atoms with Crippen molar-refractivity contribution in [2.75, 3.05) is 6.79 Å².